The van der Waals surface area contributed by atoms with Gasteiger partial charge in [-0.1, -0.05) is 30.3 Å². The second kappa shape index (κ2) is 5.49. The Hall–Kier alpha value is -1.74. The number of nitrogens with zero attached hydrogens (tertiary/aromatic N) is 2. The lowest BCUT2D eigenvalue weighted by Gasteiger charge is -2.12. The predicted molar refractivity (Wildman–Crippen MR) is 76.5 cm³/mol. The number of hydrogen-bond acceptors (Lipinski definition) is 3. The van der Waals surface area contributed by atoms with Crippen LogP contribution in [0.25, 0.3) is 11.4 Å². The fourth-order valence-electron chi connectivity index (χ4n) is 2.22. The second-order valence-corrected chi connectivity index (χ2v) is 5.29. The van der Waals surface area contributed by atoms with E-state index in [0.29, 0.717) is 6.04 Å². The highest BCUT2D eigenvalue weighted by Gasteiger charge is 2.27. The molecule has 1 aliphatic rings. The first-order chi connectivity index (χ1) is 9.33. The Labute approximate surface area is 114 Å². The molecule has 1 atom stereocenters. The summed E-state index contributed by atoms with van der Waals surface area (Å²) in [5.41, 5.74) is 2.21. The van der Waals surface area contributed by atoms with Gasteiger partial charge in [0.25, 0.3) is 0 Å². The highest BCUT2D eigenvalue weighted by Crippen LogP contribution is 2.32. The van der Waals surface area contributed by atoms with Crippen LogP contribution in [0, 0.1) is 5.92 Å². The van der Waals surface area contributed by atoms with E-state index in [-0.39, 0.29) is 0 Å². The molecule has 1 aromatic carbocycles. The average molecular weight is 253 g/mol. The van der Waals surface area contributed by atoms with Crippen LogP contribution in [0.15, 0.2) is 42.7 Å². The molecule has 1 N–H and O–H groups in total. The molecule has 0 unspecified atom stereocenters. The summed E-state index contributed by atoms with van der Waals surface area (Å²) >= 11 is 0. The molecule has 0 saturated heterocycles. The molecule has 0 aliphatic heterocycles. The first kappa shape index (κ1) is 12.3. The zero-order valence-electron chi connectivity index (χ0n) is 11.2. The standard InChI is InChI=1S/C16H19N3/c1-12(14-7-8-14)17-9-13-10-18-16(19-11-13)15-5-3-2-4-6-15/h2-6,10-12,14,17H,7-9H2,1H3/t12-/m1/s1. The van der Waals surface area contributed by atoms with Gasteiger partial charge >= 0.3 is 0 Å². The third-order valence-corrected chi connectivity index (χ3v) is 3.69. The molecule has 98 valence electrons. The average Bonchev–Trinajstić information content (AvgIpc) is 3.31. The SMILES string of the molecule is C[C@@H](NCc1cnc(-c2ccccc2)nc1)C1CC1. The van der Waals surface area contributed by atoms with Crippen molar-refractivity contribution in [2.45, 2.75) is 32.4 Å². The van der Waals surface area contributed by atoms with Crippen LogP contribution in [-0.2, 0) is 6.54 Å². The Morgan fingerprint density at radius 3 is 2.47 bits per heavy atom. The van der Waals surface area contributed by atoms with E-state index < -0.39 is 0 Å². The fraction of sp³-hybridized carbons (Fsp3) is 0.375. The van der Waals surface area contributed by atoms with Gasteiger partial charge in [-0.3, -0.25) is 0 Å². The molecule has 2 aromatic rings. The van der Waals surface area contributed by atoms with Crippen molar-refractivity contribution >= 4 is 0 Å². The van der Waals surface area contributed by atoms with Gasteiger partial charge in [0.2, 0.25) is 0 Å². The van der Waals surface area contributed by atoms with Crippen LogP contribution in [0.4, 0.5) is 0 Å². The topological polar surface area (TPSA) is 37.8 Å². The van der Waals surface area contributed by atoms with Gasteiger partial charge in [-0.05, 0) is 25.7 Å². The molecule has 1 aliphatic carbocycles. The van der Waals surface area contributed by atoms with Crippen molar-refractivity contribution in [3.05, 3.63) is 48.3 Å². The summed E-state index contributed by atoms with van der Waals surface area (Å²) in [4.78, 5) is 8.87. The number of rotatable bonds is 5. The van der Waals surface area contributed by atoms with E-state index in [1.165, 1.54) is 12.8 Å². The van der Waals surface area contributed by atoms with Gasteiger partial charge in [0.05, 0.1) is 0 Å². The largest absolute Gasteiger partial charge is 0.310 e. The van der Waals surface area contributed by atoms with Crippen LogP contribution in [-0.4, -0.2) is 16.0 Å². The molecule has 3 rings (SSSR count). The third-order valence-electron chi connectivity index (χ3n) is 3.69. The second-order valence-electron chi connectivity index (χ2n) is 5.29. The Morgan fingerprint density at radius 1 is 1.16 bits per heavy atom. The number of nitrogens with one attached hydrogen (secondary N) is 1. The summed E-state index contributed by atoms with van der Waals surface area (Å²) in [7, 11) is 0. The van der Waals surface area contributed by atoms with Crippen molar-refractivity contribution in [2.75, 3.05) is 0 Å². The van der Waals surface area contributed by atoms with Gasteiger partial charge in [0.15, 0.2) is 5.82 Å². The number of benzene rings is 1. The van der Waals surface area contributed by atoms with Crippen LogP contribution in [0.1, 0.15) is 25.3 Å². The van der Waals surface area contributed by atoms with Gasteiger partial charge < -0.3 is 5.32 Å². The lowest BCUT2D eigenvalue weighted by atomic mass is 10.2. The molecule has 1 saturated carbocycles. The molecular weight excluding hydrogens is 234 g/mol. The van der Waals surface area contributed by atoms with E-state index in [0.717, 1.165) is 29.4 Å². The van der Waals surface area contributed by atoms with Gasteiger partial charge in [-0.2, -0.15) is 0 Å². The highest BCUT2D eigenvalue weighted by molar-refractivity contribution is 5.53. The van der Waals surface area contributed by atoms with Crippen LogP contribution < -0.4 is 5.32 Å². The minimum absolute atomic E-state index is 0.605. The molecule has 0 radical (unpaired) electrons. The minimum atomic E-state index is 0.605. The minimum Gasteiger partial charge on any atom is -0.310 e. The van der Waals surface area contributed by atoms with Crippen molar-refractivity contribution in [1.29, 1.82) is 0 Å². The normalized spacial score (nSPS) is 16.3. The first-order valence-corrected chi connectivity index (χ1v) is 6.92. The van der Waals surface area contributed by atoms with Gasteiger partial charge in [0, 0.05) is 36.1 Å². The Morgan fingerprint density at radius 2 is 1.84 bits per heavy atom. The molecule has 1 fully saturated rings. The Bertz CT molecular complexity index is 517. The lowest BCUT2D eigenvalue weighted by molar-refractivity contribution is 0.495. The number of aromatic nitrogens is 2. The molecule has 19 heavy (non-hydrogen) atoms. The highest BCUT2D eigenvalue weighted by atomic mass is 14.9. The quantitative estimate of drug-likeness (QED) is 0.890. The van der Waals surface area contributed by atoms with Crippen molar-refractivity contribution < 1.29 is 0 Å². The number of hydrogen-bond donors (Lipinski definition) is 1. The molecule has 1 heterocycles. The van der Waals surface area contributed by atoms with E-state index in [4.69, 9.17) is 0 Å². The molecule has 3 heteroatoms. The Kier molecular flexibility index (Phi) is 3.56. The third kappa shape index (κ3) is 3.18. The summed E-state index contributed by atoms with van der Waals surface area (Å²) in [5, 5.41) is 3.54. The monoisotopic (exact) mass is 253 g/mol. The molecule has 0 spiro atoms. The molecule has 3 nitrogen and oxygen atoms in total. The van der Waals surface area contributed by atoms with Crippen molar-refractivity contribution in [3.8, 4) is 11.4 Å². The molecule has 0 bridgehead atoms. The van der Waals surface area contributed by atoms with E-state index in [1.54, 1.807) is 0 Å². The summed E-state index contributed by atoms with van der Waals surface area (Å²) in [6.45, 7) is 3.11. The fourth-order valence-corrected chi connectivity index (χ4v) is 2.22. The van der Waals surface area contributed by atoms with Gasteiger partial charge in [0.1, 0.15) is 0 Å². The van der Waals surface area contributed by atoms with Gasteiger partial charge in [-0.15, -0.1) is 0 Å². The maximum absolute atomic E-state index is 4.44. The zero-order valence-corrected chi connectivity index (χ0v) is 11.2. The van der Waals surface area contributed by atoms with Crippen molar-refractivity contribution in [2.24, 2.45) is 5.92 Å². The summed E-state index contributed by atoms with van der Waals surface area (Å²) in [5.74, 6) is 1.67. The van der Waals surface area contributed by atoms with E-state index >= 15 is 0 Å². The van der Waals surface area contributed by atoms with Crippen LogP contribution in [0.2, 0.25) is 0 Å². The summed E-state index contributed by atoms with van der Waals surface area (Å²) in [6.07, 6.45) is 6.58. The molecule has 1 aromatic heterocycles. The van der Waals surface area contributed by atoms with E-state index in [1.807, 2.05) is 42.7 Å². The smallest absolute Gasteiger partial charge is 0.159 e. The van der Waals surface area contributed by atoms with Crippen LogP contribution in [0.5, 0.6) is 0 Å². The lowest BCUT2D eigenvalue weighted by Crippen LogP contribution is -2.27. The maximum Gasteiger partial charge on any atom is 0.159 e. The maximum atomic E-state index is 4.44. The Balaban J connectivity index is 1.62. The van der Waals surface area contributed by atoms with E-state index in [9.17, 15) is 0 Å². The van der Waals surface area contributed by atoms with Crippen LogP contribution in [0.3, 0.4) is 0 Å². The summed E-state index contributed by atoms with van der Waals surface area (Å²) < 4.78 is 0. The van der Waals surface area contributed by atoms with Crippen molar-refractivity contribution in [3.63, 3.8) is 0 Å². The van der Waals surface area contributed by atoms with Crippen molar-refractivity contribution in [1.82, 2.24) is 15.3 Å². The molecule has 0 amide bonds. The first-order valence-electron chi connectivity index (χ1n) is 6.92. The van der Waals surface area contributed by atoms with E-state index in [2.05, 4.69) is 22.2 Å². The summed E-state index contributed by atoms with van der Waals surface area (Å²) in [6, 6.07) is 10.7. The predicted octanol–water partition coefficient (Wildman–Crippen LogP) is 3.03. The molecular formula is C16H19N3. The van der Waals surface area contributed by atoms with Gasteiger partial charge in [-0.25, -0.2) is 9.97 Å². The van der Waals surface area contributed by atoms with Crippen LogP contribution >= 0.6 is 0 Å². The zero-order chi connectivity index (χ0) is 13.1.